The monoisotopic (exact) mass is 282 g/mol. The standard InChI is InChI=1S/C14H22N2O4/c1-5-19-13(17)11-8-10(15)9-16-12(11)20-7-6-14(2,3)18-4/h8-9H,5-7,15H2,1-4H3. The molecule has 0 amide bonds. The molecular weight excluding hydrogens is 260 g/mol. The van der Waals surface area contributed by atoms with Crippen LogP contribution in [0.15, 0.2) is 12.3 Å². The van der Waals surface area contributed by atoms with Gasteiger partial charge in [-0.15, -0.1) is 0 Å². The van der Waals surface area contributed by atoms with Gasteiger partial charge in [0.2, 0.25) is 5.88 Å². The molecule has 0 spiro atoms. The van der Waals surface area contributed by atoms with E-state index in [9.17, 15) is 4.79 Å². The van der Waals surface area contributed by atoms with E-state index in [1.807, 2.05) is 13.8 Å². The summed E-state index contributed by atoms with van der Waals surface area (Å²) in [6.07, 6.45) is 2.11. The van der Waals surface area contributed by atoms with Crippen LogP contribution in [0.5, 0.6) is 5.88 Å². The van der Waals surface area contributed by atoms with Crippen LogP contribution in [0.4, 0.5) is 5.69 Å². The number of nitrogens with zero attached hydrogens (tertiary/aromatic N) is 1. The first kappa shape index (κ1) is 16.2. The largest absolute Gasteiger partial charge is 0.477 e. The number of anilines is 1. The van der Waals surface area contributed by atoms with Crippen molar-refractivity contribution < 1.29 is 19.0 Å². The normalized spacial score (nSPS) is 11.2. The molecule has 6 nitrogen and oxygen atoms in total. The van der Waals surface area contributed by atoms with Gasteiger partial charge in [0.25, 0.3) is 0 Å². The molecule has 2 N–H and O–H groups in total. The molecule has 1 heterocycles. The molecule has 0 radical (unpaired) electrons. The number of rotatable bonds is 7. The summed E-state index contributed by atoms with van der Waals surface area (Å²) in [5, 5.41) is 0. The molecule has 0 aliphatic carbocycles. The van der Waals surface area contributed by atoms with Gasteiger partial charge in [-0.3, -0.25) is 0 Å². The summed E-state index contributed by atoms with van der Waals surface area (Å²) < 4.78 is 15.8. The summed E-state index contributed by atoms with van der Waals surface area (Å²) in [4.78, 5) is 15.8. The van der Waals surface area contributed by atoms with Crippen LogP contribution < -0.4 is 10.5 Å². The number of methoxy groups -OCH3 is 1. The van der Waals surface area contributed by atoms with Gasteiger partial charge >= 0.3 is 5.97 Å². The van der Waals surface area contributed by atoms with Gasteiger partial charge in [-0.1, -0.05) is 0 Å². The Bertz CT molecular complexity index is 460. The molecule has 1 aromatic rings. The number of aromatic nitrogens is 1. The van der Waals surface area contributed by atoms with E-state index in [1.165, 1.54) is 12.3 Å². The average Bonchev–Trinajstić information content (AvgIpc) is 2.40. The van der Waals surface area contributed by atoms with E-state index >= 15 is 0 Å². The van der Waals surface area contributed by atoms with Gasteiger partial charge in [-0.2, -0.15) is 0 Å². The molecule has 0 saturated carbocycles. The molecule has 1 aromatic heterocycles. The zero-order valence-electron chi connectivity index (χ0n) is 12.4. The van der Waals surface area contributed by atoms with Crippen LogP contribution in [-0.2, 0) is 9.47 Å². The predicted octanol–water partition coefficient (Wildman–Crippen LogP) is 2.03. The van der Waals surface area contributed by atoms with Crippen LogP contribution in [0.1, 0.15) is 37.6 Å². The highest BCUT2D eigenvalue weighted by Gasteiger charge is 2.19. The van der Waals surface area contributed by atoms with Gasteiger partial charge in [-0.05, 0) is 26.8 Å². The number of hydrogen-bond acceptors (Lipinski definition) is 6. The van der Waals surface area contributed by atoms with Crippen molar-refractivity contribution in [2.24, 2.45) is 0 Å². The fourth-order valence-electron chi connectivity index (χ4n) is 1.43. The van der Waals surface area contributed by atoms with Crippen molar-refractivity contribution >= 4 is 11.7 Å². The number of ether oxygens (including phenoxy) is 3. The predicted molar refractivity (Wildman–Crippen MR) is 75.8 cm³/mol. The van der Waals surface area contributed by atoms with Crippen LogP contribution in [0.25, 0.3) is 0 Å². The SMILES string of the molecule is CCOC(=O)c1cc(N)cnc1OCCC(C)(C)OC. The first-order valence-electron chi connectivity index (χ1n) is 6.50. The molecule has 0 unspecified atom stereocenters. The Kier molecular flexibility index (Phi) is 5.76. The number of carbonyl (C=O) groups is 1. The Morgan fingerprint density at radius 3 is 2.75 bits per heavy atom. The Morgan fingerprint density at radius 2 is 2.15 bits per heavy atom. The van der Waals surface area contributed by atoms with Crippen molar-refractivity contribution in [1.82, 2.24) is 4.98 Å². The zero-order valence-corrected chi connectivity index (χ0v) is 12.4. The van der Waals surface area contributed by atoms with Gasteiger partial charge in [0.05, 0.1) is 30.7 Å². The zero-order chi connectivity index (χ0) is 15.2. The van der Waals surface area contributed by atoms with Crippen molar-refractivity contribution in [2.75, 3.05) is 26.1 Å². The lowest BCUT2D eigenvalue weighted by molar-refractivity contribution is 0.00495. The molecule has 6 heteroatoms. The van der Waals surface area contributed by atoms with Gasteiger partial charge in [0.1, 0.15) is 5.56 Å². The molecule has 0 fully saturated rings. The van der Waals surface area contributed by atoms with E-state index in [0.717, 1.165) is 0 Å². The maximum absolute atomic E-state index is 11.8. The number of esters is 1. The summed E-state index contributed by atoms with van der Waals surface area (Å²) in [6, 6.07) is 1.50. The molecular formula is C14H22N2O4. The summed E-state index contributed by atoms with van der Waals surface area (Å²) in [5.41, 5.74) is 5.97. The van der Waals surface area contributed by atoms with Crippen LogP contribution in [0.3, 0.4) is 0 Å². The van der Waals surface area contributed by atoms with Gasteiger partial charge in [0.15, 0.2) is 0 Å². The number of hydrogen-bond donors (Lipinski definition) is 1. The Hall–Kier alpha value is -1.82. The molecule has 20 heavy (non-hydrogen) atoms. The van der Waals surface area contributed by atoms with Crippen molar-refractivity contribution in [3.63, 3.8) is 0 Å². The van der Waals surface area contributed by atoms with Crippen molar-refractivity contribution in [3.05, 3.63) is 17.8 Å². The van der Waals surface area contributed by atoms with E-state index in [4.69, 9.17) is 19.9 Å². The van der Waals surface area contributed by atoms with Crippen LogP contribution in [0.2, 0.25) is 0 Å². The van der Waals surface area contributed by atoms with Crippen molar-refractivity contribution in [3.8, 4) is 5.88 Å². The van der Waals surface area contributed by atoms with E-state index in [0.29, 0.717) is 18.7 Å². The van der Waals surface area contributed by atoms with Gasteiger partial charge < -0.3 is 19.9 Å². The van der Waals surface area contributed by atoms with E-state index in [-0.39, 0.29) is 23.7 Å². The van der Waals surface area contributed by atoms with Crippen LogP contribution in [0, 0.1) is 0 Å². The van der Waals surface area contributed by atoms with E-state index in [2.05, 4.69) is 4.98 Å². The number of carbonyl (C=O) groups excluding carboxylic acids is 1. The highest BCUT2D eigenvalue weighted by Crippen LogP contribution is 2.20. The summed E-state index contributed by atoms with van der Waals surface area (Å²) in [7, 11) is 1.64. The molecule has 0 aromatic carbocycles. The molecule has 0 aliphatic heterocycles. The second-order valence-electron chi connectivity index (χ2n) is 4.90. The summed E-state index contributed by atoms with van der Waals surface area (Å²) in [6.45, 7) is 6.31. The molecule has 0 aliphatic rings. The minimum atomic E-state index is -0.492. The third-order valence-electron chi connectivity index (χ3n) is 2.86. The van der Waals surface area contributed by atoms with Crippen LogP contribution in [-0.4, -0.2) is 36.9 Å². The average molecular weight is 282 g/mol. The minimum Gasteiger partial charge on any atom is -0.477 e. The van der Waals surface area contributed by atoms with E-state index in [1.54, 1.807) is 14.0 Å². The Balaban J connectivity index is 2.76. The minimum absolute atomic E-state index is 0.226. The Morgan fingerprint density at radius 1 is 1.45 bits per heavy atom. The maximum Gasteiger partial charge on any atom is 0.343 e. The fourth-order valence-corrected chi connectivity index (χ4v) is 1.43. The summed E-state index contributed by atoms with van der Waals surface area (Å²) >= 11 is 0. The molecule has 0 saturated heterocycles. The third-order valence-corrected chi connectivity index (χ3v) is 2.86. The first-order valence-corrected chi connectivity index (χ1v) is 6.50. The molecule has 0 atom stereocenters. The van der Waals surface area contributed by atoms with Crippen molar-refractivity contribution in [2.45, 2.75) is 32.8 Å². The lowest BCUT2D eigenvalue weighted by Gasteiger charge is -2.22. The quantitative estimate of drug-likeness (QED) is 0.770. The second-order valence-corrected chi connectivity index (χ2v) is 4.90. The van der Waals surface area contributed by atoms with Gasteiger partial charge in [-0.25, -0.2) is 9.78 Å². The summed E-state index contributed by atoms with van der Waals surface area (Å²) in [5.74, 6) is -0.266. The number of nitrogen functional groups attached to an aromatic ring is 1. The molecule has 112 valence electrons. The highest BCUT2D eigenvalue weighted by molar-refractivity contribution is 5.92. The fraction of sp³-hybridized carbons (Fsp3) is 0.571. The Labute approximate surface area is 119 Å². The molecule has 1 rings (SSSR count). The van der Waals surface area contributed by atoms with E-state index < -0.39 is 5.97 Å². The van der Waals surface area contributed by atoms with Gasteiger partial charge in [0, 0.05) is 13.5 Å². The highest BCUT2D eigenvalue weighted by atomic mass is 16.5. The topological polar surface area (TPSA) is 83.7 Å². The van der Waals surface area contributed by atoms with Crippen LogP contribution >= 0.6 is 0 Å². The number of nitrogens with two attached hydrogens (primary N) is 1. The molecule has 0 bridgehead atoms. The lowest BCUT2D eigenvalue weighted by atomic mass is 10.1. The van der Waals surface area contributed by atoms with Crippen molar-refractivity contribution in [1.29, 1.82) is 0 Å². The lowest BCUT2D eigenvalue weighted by Crippen LogP contribution is -2.25. The maximum atomic E-state index is 11.8. The smallest absolute Gasteiger partial charge is 0.343 e. The first-order chi connectivity index (χ1) is 9.39. The number of pyridine rings is 1. The second kappa shape index (κ2) is 7.09. The third kappa shape index (κ3) is 4.70.